The zero-order valence-corrected chi connectivity index (χ0v) is 10.7. The first-order chi connectivity index (χ1) is 8.65. The topological polar surface area (TPSA) is 48.9 Å². The molecule has 3 nitrogen and oxygen atoms in total. The van der Waals surface area contributed by atoms with Gasteiger partial charge in [-0.15, -0.1) is 0 Å². The fourth-order valence-corrected chi connectivity index (χ4v) is 1.97. The third kappa shape index (κ3) is 2.54. The number of aromatic nitrogens is 2. The summed E-state index contributed by atoms with van der Waals surface area (Å²) in [6.45, 7) is 1.98. The molecule has 0 amide bonds. The molecule has 18 heavy (non-hydrogen) atoms. The maximum absolute atomic E-state index is 13.7. The molecule has 2 rings (SSSR count). The van der Waals surface area contributed by atoms with Crippen LogP contribution in [0, 0.1) is 5.82 Å². The molecule has 0 aliphatic carbocycles. The number of aromatic amines is 1. The molecule has 1 aromatic carbocycles. The monoisotopic (exact) mass is 268 g/mol. The van der Waals surface area contributed by atoms with Crippen LogP contribution in [0.2, 0.25) is 5.02 Å². The van der Waals surface area contributed by atoms with Gasteiger partial charge in [0.2, 0.25) is 0 Å². The number of benzene rings is 1. The largest absolute Gasteiger partial charge is 0.396 e. The molecule has 1 unspecified atom stereocenters. The van der Waals surface area contributed by atoms with Crippen LogP contribution in [-0.4, -0.2) is 21.7 Å². The van der Waals surface area contributed by atoms with Gasteiger partial charge in [-0.05, 0) is 24.6 Å². The van der Waals surface area contributed by atoms with Crippen molar-refractivity contribution in [3.05, 3.63) is 41.1 Å². The molecule has 1 atom stereocenters. The molecule has 0 saturated heterocycles. The maximum atomic E-state index is 13.7. The molecule has 0 radical (unpaired) electrons. The summed E-state index contributed by atoms with van der Waals surface area (Å²) < 4.78 is 13.7. The van der Waals surface area contributed by atoms with E-state index in [2.05, 4.69) is 9.97 Å². The molecule has 5 heteroatoms. The van der Waals surface area contributed by atoms with E-state index in [-0.39, 0.29) is 18.3 Å². The van der Waals surface area contributed by atoms with Crippen LogP contribution in [0.5, 0.6) is 0 Å². The molecule has 1 heterocycles. The highest BCUT2D eigenvalue weighted by atomic mass is 35.5. The predicted octanol–water partition coefficient (Wildman–Crippen LogP) is 3.36. The van der Waals surface area contributed by atoms with Gasteiger partial charge in [0.05, 0.1) is 18.5 Å². The fourth-order valence-electron chi connectivity index (χ4n) is 1.79. The fraction of sp³-hybridized carbons (Fsp3) is 0.308. The van der Waals surface area contributed by atoms with Crippen molar-refractivity contribution in [2.45, 2.75) is 19.3 Å². The second-order valence-corrected chi connectivity index (χ2v) is 4.53. The minimum atomic E-state index is -0.355. The summed E-state index contributed by atoms with van der Waals surface area (Å²) >= 11 is 5.85. The Hall–Kier alpha value is -1.39. The van der Waals surface area contributed by atoms with Crippen LogP contribution >= 0.6 is 11.6 Å². The third-order valence-corrected chi connectivity index (χ3v) is 3.15. The highest BCUT2D eigenvalue weighted by molar-refractivity contribution is 6.30. The van der Waals surface area contributed by atoms with E-state index in [1.165, 1.54) is 12.1 Å². The summed E-state index contributed by atoms with van der Waals surface area (Å²) in [5.41, 5.74) is 0.950. The van der Waals surface area contributed by atoms with E-state index in [1.54, 1.807) is 12.3 Å². The summed E-state index contributed by atoms with van der Waals surface area (Å²) in [6.07, 6.45) is 2.32. The van der Waals surface area contributed by atoms with Crippen LogP contribution in [0.15, 0.2) is 24.4 Å². The number of aliphatic hydroxyl groups excluding tert-OH is 1. The summed E-state index contributed by atoms with van der Waals surface area (Å²) in [6, 6.07) is 4.37. The molecule has 0 aliphatic heterocycles. The van der Waals surface area contributed by atoms with Crippen molar-refractivity contribution in [2.75, 3.05) is 6.61 Å². The van der Waals surface area contributed by atoms with Gasteiger partial charge in [-0.2, -0.15) is 0 Å². The van der Waals surface area contributed by atoms with Crippen molar-refractivity contribution >= 4 is 11.6 Å². The van der Waals surface area contributed by atoms with Crippen LogP contribution in [0.25, 0.3) is 11.3 Å². The minimum absolute atomic E-state index is 0.0154. The number of aliphatic hydroxyl groups is 1. The molecule has 0 bridgehead atoms. The predicted molar refractivity (Wildman–Crippen MR) is 69.1 cm³/mol. The van der Waals surface area contributed by atoms with Crippen LogP contribution in [-0.2, 0) is 0 Å². The molecule has 2 N–H and O–H groups in total. The Labute approximate surface area is 110 Å². The van der Waals surface area contributed by atoms with Gasteiger partial charge in [-0.25, -0.2) is 9.37 Å². The van der Waals surface area contributed by atoms with Crippen molar-refractivity contribution in [2.24, 2.45) is 0 Å². The average molecular weight is 269 g/mol. The highest BCUT2D eigenvalue weighted by Crippen LogP contribution is 2.26. The highest BCUT2D eigenvalue weighted by Gasteiger charge is 2.14. The quantitative estimate of drug-likeness (QED) is 0.893. The SMILES string of the molecule is CCC(CO)c1ncc(-c2cc(Cl)ccc2F)[nH]1. The number of nitrogens with one attached hydrogen (secondary N) is 1. The molecular weight excluding hydrogens is 255 g/mol. The molecular formula is C13H14ClFN2O. The third-order valence-electron chi connectivity index (χ3n) is 2.91. The Morgan fingerprint density at radius 1 is 1.50 bits per heavy atom. The van der Waals surface area contributed by atoms with E-state index in [0.29, 0.717) is 22.1 Å². The van der Waals surface area contributed by atoms with Gasteiger partial charge in [0.15, 0.2) is 0 Å². The van der Waals surface area contributed by atoms with Crippen LogP contribution in [0.1, 0.15) is 25.1 Å². The van der Waals surface area contributed by atoms with Gasteiger partial charge in [0, 0.05) is 16.5 Å². The molecule has 0 saturated carbocycles. The normalized spacial score (nSPS) is 12.7. The summed E-state index contributed by atoms with van der Waals surface area (Å²) in [4.78, 5) is 7.21. The Bertz CT molecular complexity index is 538. The first kappa shape index (κ1) is 13.1. The van der Waals surface area contributed by atoms with Gasteiger partial charge in [0.25, 0.3) is 0 Å². The van der Waals surface area contributed by atoms with Crippen LogP contribution in [0.4, 0.5) is 4.39 Å². The zero-order valence-electron chi connectivity index (χ0n) is 9.95. The van der Waals surface area contributed by atoms with E-state index in [1.807, 2.05) is 6.92 Å². The minimum Gasteiger partial charge on any atom is -0.396 e. The number of H-pyrrole nitrogens is 1. The van der Waals surface area contributed by atoms with Gasteiger partial charge in [0.1, 0.15) is 11.6 Å². The van der Waals surface area contributed by atoms with E-state index < -0.39 is 0 Å². The van der Waals surface area contributed by atoms with Gasteiger partial charge in [-0.3, -0.25) is 0 Å². The number of nitrogens with zero attached hydrogens (tertiary/aromatic N) is 1. The van der Waals surface area contributed by atoms with E-state index in [0.717, 1.165) is 6.42 Å². The van der Waals surface area contributed by atoms with Gasteiger partial charge >= 0.3 is 0 Å². The second kappa shape index (κ2) is 5.50. The smallest absolute Gasteiger partial charge is 0.132 e. The van der Waals surface area contributed by atoms with Crippen molar-refractivity contribution in [1.29, 1.82) is 0 Å². The average Bonchev–Trinajstić information content (AvgIpc) is 2.83. The molecule has 1 aromatic heterocycles. The zero-order chi connectivity index (χ0) is 13.1. The van der Waals surface area contributed by atoms with E-state index >= 15 is 0 Å². The first-order valence-electron chi connectivity index (χ1n) is 5.76. The van der Waals surface area contributed by atoms with Crippen molar-refractivity contribution in [3.63, 3.8) is 0 Å². The van der Waals surface area contributed by atoms with Gasteiger partial charge in [-0.1, -0.05) is 18.5 Å². The molecule has 0 aliphatic rings. The summed E-state index contributed by atoms with van der Waals surface area (Å²) in [5.74, 6) is 0.252. The van der Waals surface area contributed by atoms with Crippen molar-refractivity contribution in [1.82, 2.24) is 9.97 Å². The Morgan fingerprint density at radius 2 is 2.28 bits per heavy atom. The van der Waals surface area contributed by atoms with E-state index in [9.17, 15) is 9.50 Å². The number of hydrogen-bond donors (Lipinski definition) is 2. The number of imidazole rings is 1. The molecule has 0 fully saturated rings. The number of halogens is 2. The Kier molecular flexibility index (Phi) is 3.99. The molecule has 96 valence electrons. The van der Waals surface area contributed by atoms with Crippen molar-refractivity contribution in [3.8, 4) is 11.3 Å². The lowest BCUT2D eigenvalue weighted by atomic mass is 10.1. The van der Waals surface area contributed by atoms with E-state index in [4.69, 9.17) is 11.6 Å². The molecule has 0 spiro atoms. The first-order valence-corrected chi connectivity index (χ1v) is 6.14. The lowest BCUT2D eigenvalue weighted by Crippen LogP contribution is -2.04. The summed E-state index contributed by atoms with van der Waals surface area (Å²) in [7, 11) is 0. The second-order valence-electron chi connectivity index (χ2n) is 4.09. The van der Waals surface area contributed by atoms with Crippen LogP contribution in [0.3, 0.4) is 0 Å². The van der Waals surface area contributed by atoms with Crippen LogP contribution < -0.4 is 0 Å². The van der Waals surface area contributed by atoms with Crippen molar-refractivity contribution < 1.29 is 9.50 Å². The maximum Gasteiger partial charge on any atom is 0.132 e. The summed E-state index contributed by atoms with van der Waals surface area (Å²) in [5, 5.41) is 9.67. The standard InChI is InChI=1S/C13H14ClFN2O/c1-2-8(7-18)13-16-6-12(17-13)10-5-9(14)3-4-11(10)15/h3-6,8,18H,2,7H2,1H3,(H,16,17). The lowest BCUT2D eigenvalue weighted by Gasteiger charge is -2.07. The number of rotatable bonds is 4. The number of hydrogen-bond acceptors (Lipinski definition) is 2. The Morgan fingerprint density at radius 3 is 2.94 bits per heavy atom. The van der Waals surface area contributed by atoms with Gasteiger partial charge < -0.3 is 10.1 Å². The lowest BCUT2D eigenvalue weighted by molar-refractivity contribution is 0.258. The Balaban J connectivity index is 2.37. The molecule has 2 aromatic rings.